The Morgan fingerprint density at radius 2 is 0.480 bits per heavy atom. The fourth-order valence-corrected chi connectivity index (χ4v) is 2.98. The highest BCUT2D eigenvalue weighted by molar-refractivity contribution is 5.19. The van der Waals surface area contributed by atoms with Crippen LogP contribution in [0.1, 0.15) is 83.5 Å². The van der Waals surface area contributed by atoms with Crippen molar-refractivity contribution in [1.82, 2.24) is 0 Å². The van der Waals surface area contributed by atoms with Gasteiger partial charge in [-0.15, -0.1) is 0 Å². The molecule has 0 aromatic rings. The van der Waals surface area contributed by atoms with Crippen molar-refractivity contribution in [2.75, 3.05) is 0 Å². The zero-order valence-corrected chi connectivity index (χ0v) is 16.1. The van der Waals surface area contributed by atoms with Crippen molar-refractivity contribution in [3.8, 4) is 0 Å². The summed E-state index contributed by atoms with van der Waals surface area (Å²) in [4.78, 5) is 0. The molecule has 1 aliphatic carbocycles. The molecule has 0 bridgehead atoms. The summed E-state index contributed by atoms with van der Waals surface area (Å²) < 4.78 is 0. The molecular formula is C25H38. The molecule has 0 saturated heterocycles. The van der Waals surface area contributed by atoms with E-state index in [0.717, 1.165) is 0 Å². The average Bonchev–Trinajstić information content (AvgIpc) is 2.62. The van der Waals surface area contributed by atoms with Gasteiger partial charge in [0.2, 0.25) is 0 Å². The third-order valence-corrected chi connectivity index (χ3v) is 4.51. The molecule has 0 radical (unpaired) electrons. The Bertz CT molecular complexity index is 401. The Kier molecular flexibility index (Phi) is 16.1. The van der Waals surface area contributed by atoms with Crippen LogP contribution in [-0.2, 0) is 0 Å². The van der Waals surface area contributed by atoms with Crippen LogP contribution in [-0.4, -0.2) is 0 Å². The Morgan fingerprint density at radius 1 is 0.240 bits per heavy atom. The summed E-state index contributed by atoms with van der Waals surface area (Å²) in [5.74, 6) is 0. The van der Waals surface area contributed by atoms with E-state index >= 15 is 0 Å². The van der Waals surface area contributed by atoms with Crippen molar-refractivity contribution in [2.24, 2.45) is 0 Å². The van der Waals surface area contributed by atoms with E-state index in [2.05, 4.69) is 72.9 Å². The fourth-order valence-electron chi connectivity index (χ4n) is 2.98. The first-order chi connectivity index (χ1) is 12.5. The summed E-state index contributed by atoms with van der Waals surface area (Å²) in [7, 11) is 0. The molecule has 0 heterocycles. The van der Waals surface area contributed by atoms with Gasteiger partial charge in [0.05, 0.1) is 0 Å². The topological polar surface area (TPSA) is 0 Å². The van der Waals surface area contributed by atoms with Gasteiger partial charge >= 0.3 is 0 Å². The lowest BCUT2D eigenvalue weighted by Crippen LogP contribution is -1.82. The second kappa shape index (κ2) is 18.8. The molecule has 138 valence electrons. The van der Waals surface area contributed by atoms with Crippen LogP contribution < -0.4 is 0 Å². The fraction of sp³-hybridized carbons (Fsp3) is 0.520. The summed E-state index contributed by atoms with van der Waals surface area (Å²) in [6.07, 6.45) is 43.5. The summed E-state index contributed by atoms with van der Waals surface area (Å²) >= 11 is 0. The smallest absolute Gasteiger partial charge is 0.0348 e. The third-order valence-electron chi connectivity index (χ3n) is 4.51. The summed E-state index contributed by atoms with van der Waals surface area (Å²) in [5.41, 5.74) is 0. The number of allylic oxidation sites excluding steroid dienone is 12. The van der Waals surface area contributed by atoms with Crippen molar-refractivity contribution in [3.05, 3.63) is 72.9 Å². The summed E-state index contributed by atoms with van der Waals surface area (Å²) in [6, 6.07) is 0. The summed E-state index contributed by atoms with van der Waals surface area (Å²) in [5, 5.41) is 0. The predicted octanol–water partition coefficient (Wildman–Crippen LogP) is 8.41. The van der Waals surface area contributed by atoms with Crippen LogP contribution in [0.3, 0.4) is 0 Å². The molecule has 0 amide bonds. The standard InChI is InChI=1S/C25H38/c1-2-4-6-8-10-12-14-16-18-20-22-24-25-23-21-19-17-15-13-11-9-7-5-3-1/h1-12H,13-25H2/b3-1-,4-2-,7-5-,8-6-,11-9-,12-10?. The van der Waals surface area contributed by atoms with Crippen molar-refractivity contribution < 1.29 is 0 Å². The highest BCUT2D eigenvalue weighted by atomic mass is 14.0. The van der Waals surface area contributed by atoms with Gasteiger partial charge in [-0.2, -0.15) is 0 Å². The van der Waals surface area contributed by atoms with E-state index in [1.807, 2.05) is 0 Å². The van der Waals surface area contributed by atoms with Crippen LogP contribution in [0.25, 0.3) is 0 Å². The highest BCUT2D eigenvalue weighted by Gasteiger charge is 1.93. The quantitative estimate of drug-likeness (QED) is 0.416. The van der Waals surface area contributed by atoms with E-state index in [1.165, 1.54) is 83.5 Å². The zero-order chi connectivity index (χ0) is 17.7. The van der Waals surface area contributed by atoms with E-state index < -0.39 is 0 Å². The van der Waals surface area contributed by atoms with Gasteiger partial charge in [0.1, 0.15) is 0 Å². The molecule has 0 spiro atoms. The molecule has 0 N–H and O–H groups in total. The van der Waals surface area contributed by atoms with Crippen LogP contribution in [0, 0.1) is 0 Å². The van der Waals surface area contributed by atoms with Crippen LogP contribution in [0.5, 0.6) is 0 Å². The van der Waals surface area contributed by atoms with Gasteiger partial charge in [-0.3, -0.25) is 0 Å². The Labute approximate surface area is 156 Å². The lowest BCUT2D eigenvalue weighted by atomic mass is 10.0. The van der Waals surface area contributed by atoms with Crippen LogP contribution in [0.4, 0.5) is 0 Å². The van der Waals surface area contributed by atoms with Crippen LogP contribution in [0.15, 0.2) is 72.9 Å². The Balaban J connectivity index is 2.30. The molecule has 1 aliphatic rings. The predicted molar refractivity (Wildman–Crippen MR) is 115 cm³/mol. The normalized spacial score (nSPS) is 26.6. The van der Waals surface area contributed by atoms with Gasteiger partial charge in [-0.25, -0.2) is 0 Å². The van der Waals surface area contributed by atoms with E-state index in [1.54, 1.807) is 0 Å². The van der Waals surface area contributed by atoms with Crippen molar-refractivity contribution in [1.29, 1.82) is 0 Å². The van der Waals surface area contributed by atoms with E-state index in [-0.39, 0.29) is 0 Å². The first-order valence-corrected chi connectivity index (χ1v) is 10.5. The SMILES string of the molecule is C1=CCCCCCCCCCCCCC\C=C/C=C\C=C/C=C\C=C/1. The van der Waals surface area contributed by atoms with Crippen molar-refractivity contribution in [2.45, 2.75) is 83.5 Å². The second-order valence-electron chi connectivity index (χ2n) is 6.86. The lowest BCUT2D eigenvalue weighted by Gasteiger charge is -2.02. The van der Waals surface area contributed by atoms with Crippen LogP contribution in [0.2, 0.25) is 0 Å². The molecule has 0 fully saturated rings. The minimum Gasteiger partial charge on any atom is -0.0845 e. The monoisotopic (exact) mass is 338 g/mol. The average molecular weight is 339 g/mol. The molecule has 0 saturated carbocycles. The van der Waals surface area contributed by atoms with Gasteiger partial charge < -0.3 is 0 Å². The third kappa shape index (κ3) is 17.1. The van der Waals surface area contributed by atoms with Gasteiger partial charge in [0.15, 0.2) is 0 Å². The number of rotatable bonds is 0. The number of hydrogen-bond acceptors (Lipinski definition) is 0. The van der Waals surface area contributed by atoms with Gasteiger partial charge in [0.25, 0.3) is 0 Å². The molecule has 0 aliphatic heterocycles. The number of hydrogen-bond donors (Lipinski definition) is 0. The minimum atomic E-state index is 1.21. The molecule has 0 nitrogen and oxygen atoms in total. The van der Waals surface area contributed by atoms with Gasteiger partial charge in [-0.05, 0) is 25.7 Å². The molecule has 0 unspecified atom stereocenters. The van der Waals surface area contributed by atoms with Crippen molar-refractivity contribution >= 4 is 0 Å². The Morgan fingerprint density at radius 3 is 0.800 bits per heavy atom. The van der Waals surface area contributed by atoms with Crippen LogP contribution >= 0.6 is 0 Å². The first-order valence-electron chi connectivity index (χ1n) is 10.5. The molecule has 25 heavy (non-hydrogen) atoms. The second-order valence-corrected chi connectivity index (χ2v) is 6.86. The van der Waals surface area contributed by atoms with E-state index in [0.29, 0.717) is 0 Å². The molecule has 0 atom stereocenters. The first kappa shape index (κ1) is 21.5. The molecule has 0 aromatic heterocycles. The van der Waals surface area contributed by atoms with Gasteiger partial charge in [0, 0.05) is 0 Å². The van der Waals surface area contributed by atoms with Gasteiger partial charge in [-0.1, -0.05) is 131 Å². The van der Waals surface area contributed by atoms with E-state index in [9.17, 15) is 0 Å². The van der Waals surface area contributed by atoms with E-state index in [4.69, 9.17) is 0 Å². The highest BCUT2D eigenvalue weighted by Crippen LogP contribution is 2.12. The molecule has 0 heteroatoms. The maximum atomic E-state index is 2.29. The maximum Gasteiger partial charge on any atom is -0.0348 e. The lowest BCUT2D eigenvalue weighted by molar-refractivity contribution is 0.547. The maximum absolute atomic E-state index is 2.29. The van der Waals surface area contributed by atoms with Crippen molar-refractivity contribution in [3.63, 3.8) is 0 Å². The minimum absolute atomic E-state index is 1.21. The molecular weight excluding hydrogens is 300 g/mol. The molecule has 1 rings (SSSR count). The molecule has 0 aromatic carbocycles. The largest absolute Gasteiger partial charge is 0.0845 e. The summed E-state index contributed by atoms with van der Waals surface area (Å²) in [6.45, 7) is 0. The zero-order valence-electron chi connectivity index (χ0n) is 16.1. The Hall–Kier alpha value is -1.56.